The van der Waals surface area contributed by atoms with E-state index < -0.39 is 18.2 Å². The number of hydrogen-bond acceptors (Lipinski definition) is 4. The third-order valence-corrected chi connectivity index (χ3v) is 7.97. The first-order valence-corrected chi connectivity index (χ1v) is 13.5. The third-order valence-electron chi connectivity index (χ3n) is 7.97. The SMILES string of the molecule is Cc1cc(C2CCN(C3CCNCC3)[C@H](CC(C)C)C2)cc2[nH]c(-c3ccc(OC(F)F)c(F)c3)nc12. The number of nitrogens with one attached hydrogen (secondary N) is 2. The number of aromatic amines is 1. The molecule has 1 aromatic heterocycles. The van der Waals surface area contributed by atoms with E-state index in [4.69, 9.17) is 4.98 Å². The Morgan fingerprint density at radius 1 is 1.11 bits per heavy atom. The van der Waals surface area contributed by atoms with Crippen LogP contribution in [0, 0.1) is 18.7 Å². The number of ether oxygens (including phenoxy) is 1. The van der Waals surface area contributed by atoms with Gasteiger partial charge in [-0.15, -0.1) is 0 Å². The predicted octanol–water partition coefficient (Wildman–Crippen LogP) is 6.62. The molecule has 2 aromatic carbocycles. The van der Waals surface area contributed by atoms with Crippen molar-refractivity contribution in [1.29, 1.82) is 0 Å². The van der Waals surface area contributed by atoms with Gasteiger partial charge in [0, 0.05) is 17.6 Å². The summed E-state index contributed by atoms with van der Waals surface area (Å²) in [6.45, 7) is 6.99. The van der Waals surface area contributed by atoms with Gasteiger partial charge >= 0.3 is 6.61 Å². The minimum atomic E-state index is -3.07. The molecule has 0 bridgehead atoms. The Morgan fingerprint density at radius 3 is 2.59 bits per heavy atom. The van der Waals surface area contributed by atoms with E-state index in [-0.39, 0.29) is 0 Å². The average molecular weight is 515 g/mol. The van der Waals surface area contributed by atoms with Crippen molar-refractivity contribution in [3.8, 4) is 17.1 Å². The van der Waals surface area contributed by atoms with Crippen molar-refractivity contribution in [3.63, 3.8) is 0 Å². The molecule has 1 unspecified atom stereocenters. The Balaban J connectivity index is 1.39. The minimum Gasteiger partial charge on any atom is -0.432 e. The van der Waals surface area contributed by atoms with Crippen LogP contribution in [0.3, 0.4) is 0 Å². The second-order valence-corrected chi connectivity index (χ2v) is 11.1. The molecule has 5 rings (SSSR count). The van der Waals surface area contributed by atoms with Crippen molar-refractivity contribution in [2.24, 2.45) is 5.92 Å². The molecule has 3 aromatic rings. The van der Waals surface area contributed by atoms with Gasteiger partial charge in [0.1, 0.15) is 5.82 Å². The predicted molar refractivity (Wildman–Crippen MR) is 141 cm³/mol. The van der Waals surface area contributed by atoms with Crippen LogP contribution in [0.5, 0.6) is 5.75 Å². The van der Waals surface area contributed by atoms with Gasteiger partial charge in [-0.3, -0.25) is 4.90 Å². The van der Waals surface area contributed by atoms with E-state index in [0.717, 1.165) is 49.1 Å². The molecule has 3 heterocycles. The summed E-state index contributed by atoms with van der Waals surface area (Å²) >= 11 is 0. The fourth-order valence-corrected chi connectivity index (χ4v) is 6.30. The molecule has 0 spiro atoms. The Bertz CT molecular complexity index is 1220. The maximum Gasteiger partial charge on any atom is 0.387 e. The van der Waals surface area contributed by atoms with Crippen molar-refractivity contribution < 1.29 is 17.9 Å². The van der Waals surface area contributed by atoms with E-state index >= 15 is 0 Å². The highest BCUT2D eigenvalue weighted by atomic mass is 19.3. The Labute approximate surface area is 216 Å². The van der Waals surface area contributed by atoms with Crippen LogP contribution in [-0.4, -0.2) is 53.2 Å². The van der Waals surface area contributed by atoms with Gasteiger partial charge in [0.2, 0.25) is 0 Å². The number of fused-ring (bicyclic) bond motifs is 1. The number of imidazole rings is 1. The molecule has 8 heteroatoms. The highest BCUT2D eigenvalue weighted by Gasteiger charge is 2.34. The number of hydrogen-bond donors (Lipinski definition) is 2. The van der Waals surface area contributed by atoms with Gasteiger partial charge in [0.15, 0.2) is 11.6 Å². The van der Waals surface area contributed by atoms with Gasteiger partial charge in [0.05, 0.1) is 11.0 Å². The number of piperidine rings is 2. The monoisotopic (exact) mass is 514 g/mol. The summed E-state index contributed by atoms with van der Waals surface area (Å²) in [4.78, 5) is 10.8. The average Bonchev–Trinajstić information content (AvgIpc) is 3.30. The summed E-state index contributed by atoms with van der Waals surface area (Å²) in [5.41, 5.74) is 4.65. The molecule has 2 atom stereocenters. The molecule has 0 amide bonds. The van der Waals surface area contributed by atoms with Crippen LogP contribution in [0.2, 0.25) is 0 Å². The second-order valence-electron chi connectivity index (χ2n) is 11.1. The minimum absolute atomic E-state index is 0.472. The fraction of sp³-hybridized carbons (Fsp3) is 0.552. The van der Waals surface area contributed by atoms with E-state index in [9.17, 15) is 13.2 Å². The van der Waals surface area contributed by atoms with Crippen LogP contribution in [0.15, 0.2) is 30.3 Å². The maximum atomic E-state index is 14.3. The molecule has 0 radical (unpaired) electrons. The fourth-order valence-electron chi connectivity index (χ4n) is 6.30. The normalized spacial score (nSPS) is 21.8. The Kier molecular flexibility index (Phi) is 7.77. The van der Waals surface area contributed by atoms with Crippen LogP contribution in [0.25, 0.3) is 22.4 Å². The number of H-pyrrole nitrogens is 1. The number of aromatic nitrogens is 2. The van der Waals surface area contributed by atoms with E-state index in [1.165, 1.54) is 37.0 Å². The smallest absolute Gasteiger partial charge is 0.387 e. The molecule has 0 saturated carbocycles. The highest BCUT2D eigenvalue weighted by Crippen LogP contribution is 2.38. The zero-order valence-corrected chi connectivity index (χ0v) is 21.9. The third kappa shape index (κ3) is 5.80. The Morgan fingerprint density at radius 2 is 1.89 bits per heavy atom. The number of halogens is 3. The van der Waals surface area contributed by atoms with E-state index in [1.54, 1.807) is 6.07 Å². The first-order valence-electron chi connectivity index (χ1n) is 13.5. The van der Waals surface area contributed by atoms with Crippen molar-refractivity contribution in [2.45, 2.75) is 77.5 Å². The van der Waals surface area contributed by atoms with Crippen LogP contribution < -0.4 is 10.1 Å². The van der Waals surface area contributed by atoms with Gasteiger partial charge in [-0.2, -0.15) is 8.78 Å². The summed E-state index contributed by atoms with van der Waals surface area (Å²) in [5.74, 6) is 0.341. The lowest BCUT2D eigenvalue weighted by Gasteiger charge is -2.46. The molecule has 2 aliphatic heterocycles. The molecule has 2 saturated heterocycles. The zero-order chi connectivity index (χ0) is 26.1. The highest BCUT2D eigenvalue weighted by molar-refractivity contribution is 5.83. The number of nitrogens with zero attached hydrogens (tertiary/aromatic N) is 2. The number of benzene rings is 2. The lowest BCUT2D eigenvalue weighted by molar-refractivity contribution is -0.0521. The summed E-state index contributed by atoms with van der Waals surface area (Å²) in [6, 6.07) is 9.66. The van der Waals surface area contributed by atoms with Crippen LogP contribution in [0.4, 0.5) is 13.2 Å². The number of rotatable bonds is 7. The standard InChI is InChI=1S/C29H37F3N4O/c1-17(2)12-23-14-19(8-11-36(23)22-6-9-33-10-7-22)21-13-18(3)27-25(16-21)34-28(35-27)20-4-5-26(24(30)15-20)37-29(31)32/h4-5,13,15-17,19,22-23,29,33H,6-12,14H2,1-3H3,(H,34,35)/t19?,23-/m1/s1. The molecular weight excluding hydrogens is 477 g/mol. The quantitative estimate of drug-likeness (QED) is 0.372. The topological polar surface area (TPSA) is 53.2 Å². The lowest BCUT2D eigenvalue weighted by Crippen LogP contribution is -2.51. The number of aryl methyl sites for hydroxylation is 1. The lowest BCUT2D eigenvalue weighted by atomic mass is 9.80. The maximum absolute atomic E-state index is 14.3. The van der Waals surface area contributed by atoms with Crippen molar-refractivity contribution in [3.05, 3.63) is 47.3 Å². The molecule has 0 aliphatic carbocycles. The molecule has 2 aliphatic rings. The summed E-state index contributed by atoms with van der Waals surface area (Å²) in [7, 11) is 0. The van der Waals surface area contributed by atoms with Gasteiger partial charge in [-0.25, -0.2) is 9.37 Å². The van der Waals surface area contributed by atoms with Crippen LogP contribution in [-0.2, 0) is 0 Å². The first-order chi connectivity index (χ1) is 17.8. The largest absolute Gasteiger partial charge is 0.432 e. The molecule has 2 N–H and O–H groups in total. The van der Waals surface area contributed by atoms with Crippen molar-refractivity contribution in [1.82, 2.24) is 20.2 Å². The first kappa shape index (κ1) is 26.0. The summed E-state index contributed by atoms with van der Waals surface area (Å²) in [5, 5.41) is 3.50. The number of alkyl halides is 2. The summed E-state index contributed by atoms with van der Waals surface area (Å²) in [6.07, 6.45) is 5.98. The van der Waals surface area contributed by atoms with E-state index in [2.05, 4.69) is 52.8 Å². The van der Waals surface area contributed by atoms with E-state index in [0.29, 0.717) is 35.3 Å². The molecule has 2 fully saturated rings. The zero-order valence-electron chi connectivity index (χ0n) is 21.9. The van der Waals surface area contributed by atoms with Crippen LogP contribution in [0.1, 0.15) is 63.0 Å². The molecular formula is C29H37F3N4O. The Hall–Kier alpha value is -2.58. The van der Waals surface area contributed by atoms with Gasteiger partial charge in [-0.05, 0) is 106 Å². The molecule has 37 heavy (non-hydrogen) atoms. The van der Waals surface area contributed by atoms with Crippen molar-refractivity contribution in [2.75, 3.05) is 19.6 Å². The second kappa shape index (κ2) is 11.0. The van der Waals surface area contributed by atoms with Crippen LogP contribution >= 0.6 is 0 Å². The van der Waals surface area contributed by atoms with E-state index in [1.807, 2.05) is 0 Å². The van der Waals surface area contributed by atoms with Gasteiger partial charge < -0.3 is 15.0 Å². The summed E-state index contributed by atoms with van der Waals surface area (Å²) < 4.78 is 43.5. The number of likely N-dealkylation sites (tertiary alicyclic amines) is 1. The van der Waals surface area contributed by atoms with Gasteiger partial charge in [0.25, 0.3) is 0 Å². The van der Waals surface area contributed by atoms with Gasteiger partial charge in [-0.1, -0.05) is 19.9 Å². The molecule has 200 valence electrons. The van der Waals surface area contributed by atoms with Crippen molar-refractivity contribution >= 4 is 11.0 Å². The molecule has 5 nitrogen and oxygen atoms in total.